The average molecular weight is 377 g/mol. The van der Waals surface area contributed by atoms with Crippen molar-refractivity contribution >= 4 is 23.0 Å². The van der Waals surface area contributed by atoms with Crippen LogP contribution in [0.25, 0.3) is 11.2 Å². The van der Waals surface area contributed by atoms with E-state index in [0.29, 0.717) is 0 Å². The van der Waals surface area contributed by atoms with Gasteiger partial charge in [0.2, 0.25) is 17.6 Å². The lowest BCUT2D eigenvalue weighted by Gasteiger charge is -2.30. The number of hydrogen-bond acceptors (Lipinski definition) is 7. The van der Waals surface area contributed by atoms with Crippen molar-refractivity contribution in [2.24, 2.45) is 5.92 Å². The van der Waals surface area contributed by atoms with Crippen LogP contribution in [-0.4, -0.2) is 59.6 Å². The number of aromatic amines is 1. The van der Waals surface area contributed by atoms with E-state index in [-0.39, 0.29) is 23.0 Å². The van der Waals surface area contributed by atoms with Gasteiger partial charge in [-0.15, -0.1) is 6.42 Å². The molecule has 0 radical (unpaired) electrons. The van der Waals surface area contributed by atoms with E-state index in [9.17, 15) is 19.8 Å². The lowest BCUT2D eigenvalue weighted by molar-refractivity contribution is -0.118. The molecule has 1 saturated carbocycles. The Bertz CT molecular complexity index is 1060. The molecule has 27 heavy (non-hydrogen) atoms. The monoisotopic (exact) mass is 377 g/mol. The second kappa shape index (κ2) is 5.35. The van der Waals surface area contributed by atoms with Crippen LogP contribution in [0.3, 0.4) is 0 Å². The number of halogens is 1. The first-order chi connectivity index (χ1) is 12.7. The minimum Gasteiger partial charge on any atom is -0.387 e. The summed E-state index contributed by atoms with van der Waals surface area (Å²) in [6.45, 7) is 3.31. The number of aliphatic hydroxyl groups excluding tert-OH is 1. The Morgan fingerprint density at radius 2 is 2.30 bits per heavy atom. The number of terminal acetylenes is 1. The van der Waals surface area contributed by atoms with Crippen LogP contribution in [0.1, 0.15) is 13.8 Å². The first-order valence-corrected chi connectivity index (χ1v) is 8.15. The molecule has 0 bridgehead atoms. The fourth-order valence-electron chi connectivity index (χ4n) is 3.19. The van der Waals surface area contributed by atoms with Crippen molar-refractivity contribution in [1.82, 2.24) is 19.5 Å². The largest absolute Gasteiger partial charge is 0.387 e. The van der Waals surface area contributed by atoms with Crippen molar-refractivity contribution in [1.29, 1.82) is 0 Å². The van der Waals surface area contributed by atoms with Crippen LogP contribution < -0.4 is 10.9 Å². The molecule has 2 aromatic rings. The van der Waals surface area contributed by atoms with E-state index in [4.69, 9.17) is 11.2 Å². The van der Waals surface area contributed by atoms with E-state index < -0.39 is 41.2 Å². The molecule has 142 valence electrons. The van der Waals surface area contributed by atoms with Gasteiger partial charge in [0.05, 0.1) is 0 Å². The van der Waals surface area contributed by atoms with E-state index in [2.05, 4.69) is 26.2 Å². The second-order valence-electron chi connectivity index (χ2n) is 6.92. The number of carbonyl (C=O) groups excluding carboxylic acids is 1. The van der Waals surface area contributed by atoms with E-state index in [1.54, 1.807) is 13.8 Å². The number of nitrogens with one attached hydrogen (secondary N) is 2. The Morgan fingerprint density at radius 1 is 1.59 bits per heavy atom. The second-order valence-corrected chi connectivity index (χ2v) is 6.92. The van der Waals surface area contributed by atoms with Gasteiger partial charge in [0.1, 0.15) is 18.5 Å². The standard InChI is InChI=1S/C16H16FN5O5/c1-4-15(13(17)16(26)8(23)9(16)27-15)22-5-18-7-10(22)19-14(21-12(7)25)20-11(24)6(2)3/h1,5-6,8-9,13,23,26H,2-3H3,(H2,19,20,21,24,25)/t8?,9-,13+,15-,16-/m1/s1. The molecule has 10 nitrogen and oxygen atoms in total. The third-order valence-electron chi connectivity index (χ3n) is 4.90. The van der Waals surface area contributed by atoms with Gasteiger partial charge in [-0.2, -0.15) is 4.98 Å². The van der Waals surface area contributed by atoms with Gasteiger partial charge in [-0.1, -0.05) is 13.8 Å². The first-order valence-electron chi connectivity index (χ1n) is 8.15. The fraction of sp³-hybridized carbons (Fsp3) is 0.500. The van der Waals surface area contributed by atoms with Crippen LogP contribution in [0.4, 0.5) is 10.3 Å². The lowest BCUT2D eigenvalue weighted by Crippen LogP contribution is -2.47. The summed E-state index contributed by atoms with van der Waals surface area (Å²) >= 11 is 0. The summed E-state index contributed by atoms with van der Waals surface area (Å²) < 4.78 is 21.4. The Hall–Kier alpha value is -2.81. The van der Waals surface area contributed by atoms with Crippen molar-refractivity contribution in [3.63, 3.8) is 0 Å². The van der Waals surface area contributed by atoms with Crippen LogP contribution in [0.15, 0.2) is 11.1 Å². The Kier molecular flexibility index (Phi) is 3.49. The number of ether oxygens (including phenoxy) is 1. The van der Waals surface area contributed by atoms with Gasteiger partial charge in [-0.05, 0) is 5.92 Å². The van der Waals surface area contributed by atoms with Gasteiger partial charge >= 0.3 is 0 Å². The van der Waals surface area contributed by atoms with Gasteiger partial charge in [0.15, 0.2) is 22.9 Å². The van der Waals surface area contributed by atoms with Gasteiger partial charge in [0.25, 0.3) is 5.56 Å². The number of aliphatic hydroxyl groups is 2. The van der Waals surface area contributed by atoms with Gasteiger partial charge in [-0.3, -0.25) is 24.5 Å². The summed E-state index contributed by atoms with van der Waals surface area (Å²) in [4.78, 5) is 34.5. The molecule has 1 saturated heterocycles. The number of anilines is 1. The van der Waals surface area contributed by atoms with E-state index in [1.807, 2.05) is 0 Å². The van der Waals surface area contributed by atoms with Crippen molar-refractivity contribution in [3.8, 4) is 12.3 Å². The molecular formula is C16H16FN5O5. The molecule has 5 atom stereocenters. The number of nitrogens with zero attached hydrogens (tertiary/aromatic N) is 3. The highest BCUT2D eigenvalue weighted by molar-refractivity contribution is 5.91. The predicted octanol–water partition coefficient (Wildman–Crippen LogP) is -1.16. The zero-order chi connectivity index (χ0) is 19.7. The molecule has 1 aliphatic heterocycles. The number of carbonyl (C=O) groups is 1. The average Bonchev–Trinajstić information content (AvgIpc) is 2.92. The third-order valence-corrected chi connectivity index (χ3v) is 4.90. The third kappa shape index (κ3) is 2.11. The number of H-pyrrole nitrogens is 1. The molecule has 2 fully saturated rings. The number of aromatic nitrogens is 4. The van der Waals surface area contributed by atoms with Crippen molar-refractivity contribution in [2.75, 3.05) is 5.32 Å². The highest BCUT2D eigenvalue weighted by Crippen LogP contribution is 2.57. The molecule has 11 heteroatoms. The van der Waals surface area contributed by atoms with Crippen LogP contribution >= 0.6 is 0 Å². The highest BCUT2D eigenvalue weighted by Gasteiger charge is 2.82. The Labute approximate surface area is 151 Å². The molecule has 0 aromatic carbocycles. The summed E-state index contributed by atoms with van der Waals surface area (Å²) in [5.41, 5.74) is -5.26. The zero-order valence-electron chi connectivity index (χ0n) is 14.3. The normalized spacial score (nSPS) is 34.5. The highest BCUT2D eigenvalue weighted by atomic mass is 19.1. The molecular weight excluding hydrogens is 361 g/mol. The Morgan fingerprint density at radius 3 is 2.85 bits per heavy atom. The summed E-state index contributed by atoms with van der Waals surface area (Å²) in [6, 6.07) is 0. The van der Waals surface area contributed by atoms with E-state index in [1.165, 1.54) is 0 Å². The molecule has 4 rings (SSSR count). The topological polar surface area (TPSA) is 142 Å². The maximum absolute atomic E-state index is 15.0. The molecule has 1 aliphatic carbocycles. The fourth-order valence-corrected chi connectivity index (χ4v) is 3.19. The van der Waals surface area contributed by atoms with Crippen molar-refractivity contribution < 1.29 is 24.1 Å². The van der Waals surface area contributed by atoms with Crippen LogP contribution in [0, 0.1) is 18.3 Å². The predicted molar refractivity (Wildman–Crippen MR) is 89.1 cm³/mol. The summed E-state index contributed by atoms with van der Waals surface area (Å²) in [7, 11) is 0. The van der Waals surface area contributed by atoms with Crippen molar-refractivity contribution in [3.05, 3.63) is 16.7 Å². The Balaban J connectivity index is 1.84. The zero-order valence-corrected chi connectivity index (χ0v) is 14.3. The molecule has 1 unspecified atom stereocenters. The number of alkyl halides is 1. The van der Waals surface area contributed by atoms with Gasteiger partial charge in [0, 0.05) is 5.92 Å². The molecule has 2 aromatic heterocycles. The van der Waals surface area contributed by atoms with Crippen LogP contribution in [0.5, 0.6) is 0 Å². The van der Waals surface area contributed by atoms with E-state index in [0.717, 1.165) is 10.9 Å². The molecule has 4 N–H and O–H groups in total. The minimum absolute atomic E-state index is 0.141. The SMILES string of the molecule is C#C[C@@]1(n2cnc3c(=O)[nH]c(NC(=O)C(C)C)nc32)O[C@@H]2C(O)[C@]2(O)[C@H]1F. The summed E-state index contributed by atoms with van der Waals surface area (Å²) in [5.74, 6) is 1.21. The quantitative estimate of drug-likeness (QED) is 0.494. The number of amides is 1. The number of rotatable bonds is 3. The van der Waals surface area contributed by atoms with E-state index >= 15 is 4.39 Å². The van der Waals surface area contributed by atoms with Crippen LogP contribution in [-0.2, 0) is 15.3 Å². The molecule has 1 amide bonds. The molecule has 0 spiro atoms. The maximum Gasteiger partial charge on any atom is 0.280 e. The first kappa shape index (κ1) is 17.6. The number of fused-ring (bicyclic) bond motifs is 2. The summed E-state index contributed by atoms with van der Waals surface area (Å²) in [6.07, 6.45) is 1.75. The van der Waals surface area contributed by atoms with Gasteiger partial charge < -0.3 is 14.9 Å². The number of imidazole rings is 1. The maximum atomic E-state index is 15.0. The molecule has 2 aliphatic rings. The number of hydrogen-bond donors (Lipinski definition) is 4. The van der Waals surface area contributed by atoms with Crippen LogP contribution in [0.2, 0.25) is 0 Å². The van der Waals surface area contributed by atoms with Crippen molar-refractivity contribution in [2.45, 2.75) is 43.6 Å². The minimum atomic E-state index is -2.19. The lowest BCUT2D eigenvalue weighted by atomic mass is 10.0. The summed E-state index contributed by atoms with van der Waals surface area (Å²) in [5, 5.41) is 22.3. The van der Waals surface area contributed by atoms with Gasteiger partial charge in [-0.25, -0.2) is 9.37 Å². The molecule has 3 heterocycles. The smallest absolute Gasteiger partial charge is 0.280 e.